The normalized spacial score (nSPS) is 14.9. The van der Waals surface area contributed by atoms with E-state index in [9.17, 15) is 14.4 Å². The van der Waals surface area contributed by atoms with E-state index in [0.29, 0.717) is 20.6 Å². The average molecular weight is 479 g/mol. The van der Waals surface area contributed by atoms with Gasteiger partial charge in [0.1, 0.15) is 16.6 Å². The van der Waals surface area contributed by atoms with E-state index in [1.807, 2.05) is 61.5 Å². The van der Waals surface area contributed by atoms with Crippen LogP contribution in [0.1, 0.15) is 16.8 Å². The number of thiocarbonyl (C=S) groups is 1. The van der Waals surface area contributed by atoms with Crippen LogP contribution < -0.4 is 10.9 Å². The Morgan fingerprint density at radius 1 is 1.06 bits per heavy atom. The summed E-state index contributed by atoms with van der Waals surface area (Å²) < 4.78 is 3.46. The SMILES string of the molecule is Cc1ccc(/C=C2\SC(=S)N(CC(=O)Nc3c(C)n(C)n(-c4ccccc4)c3=O)C2=O)cc1. The molecule has 3 aromatic rings. The molecule has 33 heavy (non-hydrogen) atoms. The Morgan fingerprint density at radius 2 is 1.73 bits per heavy atom. The van der Waals surface area contributed by atoms with Gasteiger partial charge >= 0.3 is 0 Å². The molecule has 1 N–H and O–H groups in total. The molecule has 9 heteroatoms. The van der Waals surface area contributed by atoms with Gasteiger partial charge < -0.3 is 5.32 Å². The number of aromatic nitrogens is 2. The van der Waals surface area contributed by atoms with Crippen LogP contribution in [0.3, 0.4) is 0 Å². The molecule has 0 atom stereocenters. The highest BCUT2D eigenvalue weighted by atomic mass is 32.2. The zero-order valence-corrected chi connectivity index (χ0v) is 20.0. The molecule has 0 radical (unpaired) electrons. The molecule has 1 fully saturated rings. The number of amides is 2. The Kier molecular flexibility index (Phi) is 6.35. The number of carbonyl (C=O) groups excluding carboxylic acids is 2. The van der Waals surface area contributed by atoms with E-state index < -0.39 is 5.91 Å². The lowest BCUT2D eigenvalue weighted by Gasteiger charge is -2.13. The summed E-state index contributed by atoms with van der Waals surface area (Å²) in [6, 6.07) is 16.9. The number of anilines is 1. The van der Waals surface area contributed by atoms with Crippen molar-refractivity contribution in [3.05, 3.63) is 86.7 Å². The Bertz CT molecular complexity index is 1340. The summed E-state index contributed by atoms with van der Waals surface area (Å²) >= 11 is 6.49. The third-order valence-electron chi connectivity index (χ3n) is 5.37. The number of aryl methyl sites for hydroxylation is 1. The number of thioether (sulfide) groups is 1. The largest absolute Gasteiger partial charge is 0.318 e. The van der Waals surface area contributed by atoms with Gasteiger partial charge in [0.05, 0.1) is 16.3 Å². The van der Waals surface area contributed by atoms with Crippen molar-refractivity contribution in [2.45, 2.75) is 13.8 Å². The minimum absolute atomic E-state index is 0.173. The van der Waals surface area contributed by atoms with Gasteiger partial charge in [0.15, 0.2) is 0 Å². The zero-order valence-electron chi connectivity index (χ0n) is 18.4. The van der Waals surface area contributed by atoms with Crippen molar-refractivity contribution in [2.75, 3.05) is 11.9 Å². The summed E-state index contributed by atoms with van der Waals surface area (Å²) in [5.74, 6) is -0.818. The Balaban J connectivity index is 1.52. The van der Waals surface area contributed by atoms with E-state index in [1.54, 1.807) is 24.7 Å². The van der Waals surface area contributed by atoms with Crippen LogP contribution in [0, 0.1) is 13.8 Å². The number of hydrogen-bond donors (Lipinski definition) is 1. The fraction of sp³-hybridized carbons (Fsp3) is 0.167. The first-order chi connectivity index (χ1) is 15.8. The smallest absolute Gasteiger partial charge is 0.295 e. The van der Waals surface area contributed by atoms with Gasteiger partial charge in [0.2, 0.25) is 5.91 Å². The standard InChI is InChI=1S/C24H22N4O3S2/c1-15-9-11-17(12-10-15)13-19-22(30)27(24(32)33-19)14-20(29)25-21-16(2)26(3)28(23(21)31)18-7-5-4-6-8-18/h4-13H,14H2,1-3H3,(H,25,29)/b19-13-. The van der Waals surface area contributed by atoms with Crippen LogP contribution in [0.5, 0.6) is 0 Å². The van der Waals surface area contributed by atoms with Gasteiger partial charge in [0.25, 0.3) is 11.5 Å². The second-order valence-electron chi connectivity index (χ2n) is 7.66. The number of hydrogen-bond acceptors (Lipinski definition) is 5. The van der Waals surface area contributed by atoms with E-state index >= 15 is 0 Å². The monoisotopic (exact) mass is 478 g/mol. The first kappa shape index (κ1) is 22.8. The van der Waals surface area contributed by atoms with Gasteiger partial charge in [-0.05, 0) is 37.6 Å². The molecule has 0 aliphatic carbocycles. The third-order valence-corrected chi connectivity index (χ3v) is 6.75. The minimum Gasteiger partial charge on any atom is -0.318 e. The maximum absolute atomic E-state index is 13.0. The van der Waals surface area contributed by atoms with Gasteiger partial charge in [0, 0.05) is 7.05 Å². The molecule has 2 heterocycles. The fourth-order valence-electron chi connectivity index (χ4n) is 3.49. The van der Waals surface area contributed by atoms with Gasteiger partial charge in [-0.2, -0.15) is 0 Å². The van der Waals surface area contributed by atoms with Crippen LogP contribution in [-0.2, 0) is 16.6 Å². The molecule has 2 amide bonds. The maximum Gasteiger partial charge on any atom is 0.295 e. The summed E-state index contributed by atoms with van der Waals surface area (Å²) in [4.78, 5) is 40.3. The van der Waals surface area contributed by atoms with Crippen LogP contribution in [0.15, 0.2) is 64.3 Å². The lowest BCUT2D eigenvalue weighted by atomic mass is 10.1. The van der Waals surface area contributed by atoms with E-state index in [2.05, 4.69) is 5.32 Å². The zero-order chi connectivity index (χ0) is 23.7. The predicted octanol–water partition coefficient (Wildman–Crippen LogP) is 3.63. The first-order valence-electron chi connectivity index (χ1n) is 10.2. The highest BCUT2D eigenvalue weighted by molar-refractivity contribution is 8.26. The molecular weight excluding hydrogens is 456 g/mol. The van der Waals surface area contributed by atoms with E-state index in [0.717, 1.165) is 22.9 Å². The molecule has 0 saturated carbocycles. The molecule has 168 valence electrons. The molecular formula is C24H22N4O3S2. The molecule has 1 saturated heterocycles. The van der Waals surface area contributed by atoms with Crippen molar-refractivity contribution in [3.8, 4) is 5.69 Å². The highest BCUT2D eigenvalue weighted by Crippen LogP contribution is 2.32. The molecule has 2 aromatic carbocycles. The van der Waals surface area contributed by atoms with Crippen molar-refractivity contribution in [1.82, 2.24) is 14.3 Å². The Morgan fingerprint density at radius 3 is 2.39 bits per heavy atom. The van der Waals surface area contributed by atoms with Gasteiger partial charge in [-0.15, -0.1) is 0 Å². The molecule has 0 bridgehead atoms. The lowest BCUT2D eigenvalue weighted by Crippen LogP contribution is -2.37. The van der Waals surface area contributed by atoms with E-state index in [4.69, 9.17) is 12.2 Å². The number of carbonyl (C=O) groups is 2. The molecule has 1 aromatic heterocycles. The topological polar surface area (TPSA) is 76.3 Å². The quantitative estimate of drug-likeness (QED) is 0.448. The number of para-hydroxylation sites is 1. The van der Waals surface area contributed by atoms with Gasteiger partial charge in [-0.1, -0.05) is 72.0 Å². The predicted molar refractivity (Wildman–Crippen MR) is 135 cm³/mol. The summed E-state index contributed by atoms with van der Waals surface area (Å²) in [6.07, 6.45) is 1.76. The summed E-state index contributed by atoms with van der Waals surface area (Å²) in [6.45, 7) is 3.47. The van der Waals surface area contributed by atoms with Crippen molar-refractivity contribution in [2.24, 2.45) is 7.05 Å². The molecule has 1 aliphatic rings. The van der Waals surface area contributed by atoms with Crippen molar-refractivity contribution in [3.63, 3.8) is 0 Å². The Labute approximate surface area is 200 Å². The molecule has 0 unspecified atom stereocenters. The average Bonchev–Trinajstić information content (AvgIpc) is 3.17. The summed E-state index contributed by atoms with van der Waals surface area (Å²) in [7, 11) is 1.75. The molecule has 0 spiro atoms. The third kappa shape index (κ3) is 4.55. The maximum atomic E-state index is 13.0. The number of rotatable bonds is 5. The van der Waals surface area contributed by atoms with Crippen molar-refractivity contribution >= 4 is 51.9 Å². The molecule has 1 aliphatic heterocycles. The van der Waals surface area contributed by atoms with E-state index in [-0.39, 0.29) is 23.7 Å². The molecule has 4 rings (SSSR count). The van der Waals surface area contributed by atoms with E-state index in [1.165, 1.54) is 9.58 Å². The minimum atomic E-state index is -0.492. The second kappa shape index (κ2) is 9.21. The van der Waals surface area contributed by atoms with Crippen LogP contribution in [0.4, 0.5) is 5.69 Å². The number of benzene rings is 2. The highest BCUT2D eigenvalue weighted by Gasteiger charge is 2.33. The van der Waals surface area contributed by atoms with Crippen LogP contribution in [-0.4, -0.2) is 36.9 Å². The molecule has 7 nitrogen and oxygen atoms in total. The summed E-state index contributed by atoms with van der Waals surface area (Å²) in [5.41, 5.74) is 3.12. The lowest BCUT2D eigenvalue weighted by molar-refractivity contribution is -0.126. The van der Waals surface area contributed by atoms with Gasteiger partial charge in [-0.3, -0.25) is 24.0 Å². The Hall–Kier alpha value is -3.43. The summed E-state index contributed by atoms with van der Waals surface area (Å²) in [5, 5.41) is 2.67. The van der Waals surface area contributed by atoms with Crippen molar-refractivity contribution < 1.29 is 9.59 Å². The van der Waals surface area contributed by atoms with Crippen LogP contribution >= 0.6 is 24.0 Å². The second-order valence-corrected chi connectivity index (χ2v) is 9.34. The number of nitrogens with zero attached hydrogens (tertiary/aromatic N) is 3. The van der Waals surface area contributed by atoms with Crippen LogP contribution in [0.2, 0.25) is 0 Å². The van der Waals surface area contributed by atoms with Crippen molar-refractivity contribution in [1.29, 1.82) is 0 Å². The van der Waals surface area contributed by atoms with Crippen LogP contribution in [0.25, 0.3) is 11.8 Å². The van der Waals surface area contributed by atoms with Gasteiger partial charge in [-0.25, -0.2) is 4.68 Å². The number of nitrogens with one attached hydrogen (secondary N) is 1. The fourth-order valence-corrected chi connectivity index (χ4v) is 4.74. The first-order valence-corrected chi connectivity index (χ1v) is 11.4.